The van der Waals surface area contributed by atoms with Crippen LogP contribution in [0.4, 0.5) is 0 Å². The molecule has 1 aliphatic rings. The SMILES string of the molecule is Cc1cc(C)nc(C2CCCC2)n1. The smallest absolute Gasteiger partial charge is 0.131 e. The molecule has 0 unspecified atom stereocenters. The summed E-state index contributed by atoms with van der Waals surface area (Å²) in [5, 5.41) is 0. The zero-order chi connectivity index (χ0) is 9.26. The molecule has 1 saturated carbocycles. The Morgan fingerprint density at radius 2 is 1.62 bits per heavy atom. The van der Waals surface area contributed by atoms with Crippen molar-refractivity contribution >= 4 is 0 Å². The summed E-state index contributed by atoms with van der Waals surface area (Å²) in [4.78, 5) is 9.01. The predicted molar refractivity (Wildman–Crippen MR) is 52.7 cm³/mol. The highest BCUT2D eigenvalue weighted by molar-refractivity contribution is 5.11. The average molecular weight is 176 g/mol. The number of hydrogen-bond acceptors (Lipinski definition) is 2. The van der Waals surface area contributed by atoms with Crippen molar-refractivity contribution in [1.29, 1.82) is 0 Å². The average Bonchev–Trinajstić information content (AvgIpc) is 2.53. The van der Waals surface area contributed by atoms with Crippen molar-refractivity contribution in [3.8, 4) is 0 Å². The highest BCUT2D eigenvalue weighted by Gasteiger charge is 2.19. The fourth-order valence-electron chi connectivity index (χ4n) is 2.12. The molecule has 1 fully saturated rings. The molecular weight excluding hydrogens is 160 g/mol. The van der Waals surface area contributed by atoms with E-state index in [0.717, 1.165) is 17.2 Å². The Hall–Kier alpha value is -0.920. The van der Waals surface area contributed by atoms with Crippen LogP contribution in [0.25, 0.3) is 0 Å². The van der Waals surface area contributed by atoms with E-state index in [1.54, 1.807) is 0 Å². The number of nitrogens with zero attached hydrogens (tertiary/aromatic N) is 2. The van der Waals surface area contributed by atoms with Gasteiger partial charge < -0.3 is 0 Å². The van der Waals surface area contributed by atoms with Crippen LogP contribution in [-0.4, -0.2) is 9.97 Å². The molecule has 1 heterocycles. The van der Waals surface area contributed by atoms with Crippen molar-refractivity contribution in [1.82, 2.24) is 9.97 Å². The molecule has 0 bridgehead atoms. The normalized spacial score (nSPS) is 18.0. The fourth-order valence-corrected chi connectivity index (χ4v) is 2.12. The summed E-state index contributed by atoms with van der Waals surface area (Å²) < 4.78 is 0. The molecule has 1 aromatic heterocycles. The molecule has 2 nitrogen and oxygen atoms in total. The lowest BCUT2D eigenvalue weighted by atomic mass is 10.1. The van der Waals surface area contributed by atoms with Crippen molar-refractivity contribution in [2.45, 2.75) is 45.4 Å². The maximum Gasteiger partial charge on any atom is 0.131 e. The van der Waals surface area contributed by atoms with Gasteiger partial charge in [0.2, 0.25) is 0 Å². The van der Waals surface area contributed by atoms with Crippen molar-refractivity contribution in [3.05, 3.63) is 23.3 Å². The number of hydrogen-bond donors (Lipinski definition) is 0. The Balaban J connectivity index is 2.28. The van der Waals surface area contributed by atoms with Crippen LogP contribution >= 0.6 is 0 Å². The number of aromatic nitrogens is 2. The first kappa shape index (κ1) is 8.67. The van der Waals surface area contributed by atoms with Crippen LogP contribution in [0.1, 0.15) is 48.8 Å². The topological polar surface area (TPSA) is 25.8 Å². The molecule has 0 radical (unpaired) electrons. The quantitative estimate of drug-likeness (QED) is 0.657. The maximum atomic E-state index is 4.50. The molecule has 70 valence electrons. The lowest BCUT2D eigenvalue weighted by Crippen LogP contribution is -2.03. The zero-order valence-electron chi connectivity index (χ0n) is 8.38. The van der Waals surface area contributed by atoms with Gasteiger partial charge in [0.05, 0.1) is 0 Å². The molecule has 1 aromatic rings. The molecule has 0 atom stereocenters. The summed E-state index contributed by atoms with van der Waals surface area (Å²) in [7, 11) is 0. The minimum absolute atomic E-state index is 0.638. The summed E-state index contributed by atoms with van der Waals surface area (Å²) in [6.07, 6.45) is 5.26. The molecule has 2 heteroatoms. The van der Waals surface area contributed by atoms with Gasteiger partial charge in [-0.1, -0.05) is 12.8 Å². The van der Waals surface area contributed by atoms with E-state index in [4.69, 9.17) is 0 Å². The second kappa shape index (κ2) is 3.44. The molecule has 0 spiro atoms. The van der Waals surface area contributed by atoms with E-state index < -0.39 is 0 Å². The predicted octanol–water partition coefficient (Wildman–Crippen LogP) is 2.75. The summed E-state index contributed by atoms with van der Waals surface area (Å²) in [6.45, 7) is 4.10. The van der Waals surface area contributed by atoms with Gasteiger partial charge >= 0.3 is 0 Å². The van der Waals surface area contributed by atoms with Gasteiger partial charge in [0, 0.05) is 17.3 Å². The van der Waals surface area contributed by atoms with Gasteiger partial charge in [0.15, 0.2) is 0 Å². The van der Waals surface area contributed by atoms with Crippen LogP contribution in [0, 0.1) is 13.8 Å². The lowest BCUT2D eigenvalue weighted by Gasteiger charge is -2.08. The van der Waals surface area contributed by atoms with Crippen molar-refractivity contribution < 1.29 is 0 Å². The van der Waals surface area contributed by atoms with E-state index in [-0.39, 0.29) is 0 Å². The van der Waals surface area contributed by atoms with E-state index in [9.17, 15) is 0 Å². The molecule has 2 rings (SSSR count). The molecule has 1 aliphatic carbocycles. The Morgan fingerprint density at radius 3 is 2.15 bits per heavy atom. The molecule has 0 N–H and O–H groups in total. The van der Waals surface area contributed by atoms with Gasteiger partial charge in [0.25, 0.3) is 0 Å². The van der Waals surface area contributed by atoms with E-state index in [0.29, 0.717) is 5.92 Å². The molecular formula is C11H16N2. The van der Waals surface area contributed by atoms with Crippen LogP contribution in [-0.2, 0) is 0 Å². The van der Waals surface area contributed by atoms with Crippen molar-refractivity contribution in [3.63, 3.8) is 0 Å². The molecule has 0 saturated heterocycles. The largest absolute Gasteiger partial charge is 0.238 e. The second-order valence-corrected chi connectivity index (χ2v) is 3.99. The third kappa shape index (κ3) is 1.87. The highest BCUT2D eigenvalue weighted by Crippen LogP contribution is 2.31. The number of rotatable bonds is 1. The van der Waals surface area contributed by atoms with Crippen LogP contribution in [0.5, 0.6) is 0 Å². The Labute approximate surface area is 79.4 Å². The lowest BCUT2D eigenvalue weighted by molar-refractivity contribution is 0.660. The van der Waals surface area contributed by atoms with Crippen LogP contribution in [0.2, 0.25) is 0 Å². The monoisotopic (exact) mass is 176 g/mol. The molecule has 13 heavy (non-hydrogen) atoms. The van der Waals surface area contributed by atoms with Gasteiger partial charge in [-0.15, -0.1) is 0 Å². The van der Waals surface area contributed by atoms with E-state index in [1.807, 2.05) is 19.9 Å². The summed E-state index contributed by atoms with van der Waals surface area (Å²) in [6, 6.07) is 2.04. The van der Waals surface area contributed by atoms with E-state index >= 15 is 0 Å². The first-order chi connectivity index (χ1) is 6.25. The van der Waals surface area contributed by atoms with Gasteiger partial charge in [-0.25, -0.2) is 9.97 Å². The van der Waals surface area contributed by atoms with E-state index in [1.165, 1.54) is 25.7 Å². The zero-order valence-corrected chi connectivity index (χ0v) is 8.38. The first-order valence-electron chi connectivity index (χ1n) is 5.08. The summed E-state index contributed by atoms with van der Waals surface area (Å²) in [5.74, 6) is 1.72. The third-order valence-electron chi connectivity index (χ3n) is 2.72. The Kier molecular flexibility index (Phi) is 2.30. The summed E-state index contributed by atoms with van der Waals surface area (Å²) in [5.41, 5.74) is 2.21. The standard InChI is InChI=1S/C11H16N2/c1-8-7-9(2)13-11(12-8)10-5-3-4-6-10/h7,10H,3-6H2,1-2H3. The minimum Gasteiger partial charge on any atom is -0.238 e. The van der Waals surface area contributed by atoms with Gasteiger partial charge in [0.1, 0.15) is 5.82 Å². The molecule has 0 amide bonds. The fraction of sp³-hybridized carbons (Fsp3) is 0.636. The van der Waals surface area contributed by atoms with Crippen LogP contribution in [0.15, 0.2) is 6.07 Å². The minimum atomic E-state index is 0.638. The maximum absolute atomic E-state index is 4.50. The molecule has 0 aromatic carbocycles. The van der Waals surface area contributed by atoms with Crippen LogP contribution in [0.3, 0.4) is 0 Å². The second-order valence-electron chi connectivity index (χ2n) is 3.99. The Morgan fingerprint density at radius 1 is 1.08 bits per heavy atom. The van der Waals surface area contributed by atoms with Gasteiger partial charge in [-0.3, -0.25) is 0 Å². The van der Waals surface area contributed by atoms with Gasteiger partial charge in [-0.2, -0.15) is 0 Å². The molecule has 0 aliphatic heterocycles. The van der Waals surface area contributed by atoms with Crippen LogP contribution < -0.4 is 0 Å². The van der Waals surface area contributed by atoms with E-state index in [2.05, 4.69) is 9.97 Å². The first-order valence-corrected chi connectivity index (χ1v) is 5.08. The van der Waals surface area contributed by atoms with Crippen molar-refractivity contribution in [2.24, 2.45) is 0 Å². The van der Waals surface area contributed by atoms with Gasteiger partial charge in [-0.05, 0) is 32.8 Å². The number of aryl methyl sites for hydroxylation is 2. The van der Waals surface area contributed by atoms with Crippen molar-refractivity contribution in [2.75, 3.05) is 0 Å². The summed E-state index contributed by atoms with van der Waals surface area (Å²) >= 11 is 0. The highest BCUT2D eigenvalue weighted by atomic mass is 14.9. The Bertz CT molecular complexity index is 281. The third-order valence-corrected chi connectivity index (χ3v) is 2.72.